The third-order valence-electron chi connectivity index (χ3n) is 5.25. The standard InChI is InChI=1S/C27H24FN3O3/c1-4-34-27(33)23-15-20(9-14-24(23)29-18(3)32)25-16-26(19-7-10-21(28)11-8-19)31(30-25)22-12-5-17(2)6-13-22/h5-16H,4H2,1-3H3,(H,29,32). The van der Waals surface area contributed by atoms with Gasteiger partial charge in [0.15, 0.2) is 0 Å². The molecule has 0 saturated heterocycles. The average molecular weight is 458 g/mol. The van der Waals surface area contributed by atoms with E-state index in [2.05, 4.69) is 5.32 Å². The van der Waals surface area contributed by atoms with Crippen molar-refractivity contribution in [1.29, 1.82) is 0 Å². The molecule has 1 heterocycles. The van der Waals surface area contributed by atoms with E-state index in [0.717, 1.165) is 22.5 Å². The van der Waals surface area contributed by atoms with Gasteiger partial charge in [0, 0.05) is 18.1 Å². The zero-order valence-electron chi connectivity index (χ0n) is 19.1. The lowest BCUT2D eigenvalue weighted by Gasteiger charge is -2.11. The average Bonchev–Trinajstić information content (AvgIpc) is 3.25. The number of hydrogen-bond donors (Lipinski definition) is 1. The molecule has 0 saturated carbocycles. The van der Waals surface area contributed by atoms with E-state index in [4.69, 9.17) is 9.84 Å². The summed E-state index contributed by atoms with van der Waals surface area (Å²) in [6.07, 6.45) is 0. The number of carbonyl (C=O) groups excluding carboxylic acids is 2. The second-order valence-electron chi connectivity index (χ2n) is 7.83. The normalized spacial score (nSPS) is 10.7. The first-order chi connectivity index (χ1) is 16.4. The van der Waals surface area contributed by atoms with Gasteiger partial charge >= 0.3 is 5.97 Å². The molecule has 1 amide bonds. The van der Waals surface area contributed by atoms with Crippen molar-refractivity contribution in [2.45, 2.75) is 20.8 Å². The maximum atomic E-state index is 13.6. The maximum Gasteiger partial charge on any atom is 0.340 e. The molecule has 6 nitrogen and oxygen atoms in total. The van der Waals surface area contributed by atoms with Crippen LogP contribution in [0, 0.1) is 12.7 Å². The van der Waals surface area contributed by atoms with Crippen LogP contribution in [0.15, 0.2) is 72.8 Å². The van der Waals surface area contributed by atoms with Crippen LogP contribution in [0.5, 0.6) is 0 Å². The van der Waals surface area contributed by atoms with Crippen molar-refractivity contribution in [3.63, 3.8) is 0 Å². The maximum absolute atomic E-state index is 13.6. The Morgan fingerprint density at radius 1 is 0.971 bits per heavy atom. The lowest BCUT2D eigenvalue weighted by atomic mass is 10.0. The highest BCUT2D eigenvalue weighted by atomic mass is 19.1. The van der Waals surface area contributed by atoms with Crippen LogP contribution in [0.25, 0.3) is 28.2 Å². The highest BCUT2D eigenvalue weighted by molar-refractivity contribution is 6.01. The third kappa shape index (κ3) is 4.88. The number of aryl methyl sites for hydroxylation is 1. The van der Waals surface area contributed by atoms with E-state index >= 15 is 0 Å². The Hall–Kier alpha value is -4.26. The number of amides is 1. The number of hydrogen-bond acceptors (Lipinski definition) is 4. The Bertz CT molecular complexity index is 1280. The van der Waals surface area contributed by atoms with E-state index in [1.807, 2.05) is 37.3 Å². The summed E-state index contributed by atoms with van der Waals surface area (Å²) in [6, 6.07) is 21.1. The van der Waals surface area contributed by atoms with Crippen molar-refractivity contribution in [3.05, 3.63) is 89.7 Å². The van der Waals surface area contributed by atoms with Gasteiger partial charge in [-0.2, -0.15) is 5.10 Å². The monoisotopic (exact) mass is 457 g/mol. The molecule has 0 fully saturated rings. The molecule has 7 heteroatoms. The van der Waals surface area contributed by atoms with Gasteiger partial charge in [0.25, 0.3) is 0 Å². The van der Waals surface area contributed by atoms with Gasteiger partial charge in [0.1, 0.15) is 5.82 Å². The van der Waals surface area contributed by atoms with Crippen LogP contribution in [0.2, 0.25) is 0 Å². The molecule has 4 aromatic rings. The first-order valence-corrected chi connectivity index (χ1v) is 10.9. The molecule has 0 atom stereocenters. The molecule has 0 spiro atoms. The summed E-state index contributed by atoms with van der Waals surface area (Å²) >= 11 is 0. The van der Waals surface area contributed by atoms with Gasteiger partial charge in [-0.05, 0) is 68.4 Å². The van der Waals surface area contributed by atoms with E-state index in [0.29, 0.717) is 16.9 Å². The van der Waals surface area contributed by atoms with Crippen LogP contribution in [0.1, 0.15) is 29.8 Å². The summed E-state index contributed by atoms with van der Waals surface area (Å²) in [5.74, 6) is -1.15. The molecule has 0 bridgehead atoms. The second-order valence-corrected chi connectivity index (χ2v) is 7.83. The van der Waals surface area contributed by atoms with Crippen molar-refractivity contribution in [1.82, 2.24) is 9.78 Å². The number of anilines is 1. The number of halogens is 1. The number of nitrogens with one attached hydrogen (secondary N) is 1. The quantitative estimate of drug-likeness (QED) is 0.372. The van der Waals surface area contributed by atoms with E-state index < -0.39 is 5.97 Å². The zero-order chi connectivity index (χ0) is 24.2. The molecule has 34 heavy (non-hydrogen) atoms. The van der Waals surface area contributed by atoms with Gasteiger partial charge in [0.2, 0.25) is 5.91 Å². The summed E-state index contributed by atoms with van der Waals surface area (Å²) in [6.45, 7) is 5.31. The molecule has 0 aliphatic rings. The minimum absolute atomic E-state index is 0.208. The number of esters is 1. The molecular formula is C27H24FN3O3. The highest BCUT2D eigenvalue weighted by Gasteiger charge is 2.18. The van der Waals surface area contributed by atoms with Crippen molar-refractivity contribution in [3.8, 4) is 28.2 Å². The van der Waals surface area contributed by atoms with E-state index in [-0.39, 0.29) is 23.9 Å². The molecule has 0 aliphatic carbocycles. The molecule has 0 aliphatic heterocycles. The van der Waals surface area contributed by atoms with Crippen LogP contribution in [0.3, 0.4) is 0 Å². The Labute approximate surface area is 197 Å². The number of carbonyl (C=O) groups is 2. The fourth-order valence-electron chi connectivity index (χ4n) is 3.61. The number of ether oxygens (including phenoxy) is 1. The lowest BCUT2D eigenvalue weighted by Crippen LogP contribution is -2.13. The molecule has 1 aromatic heterocycles. The predicted octanol–water partition coefficient (Wildman–Crippen LogP) is 5.79. The number of rotatable bonds is 6. The minimum atomic E-state index is -0.537. The van der Waals surface area contributed by atoms with Crippen molar-refractivity contribution in [2.75, 3.05) is 11.9 Å². The largest absolute Gasteiger partial charge is 0.462 e. The molecule has 4 rings (SSSR count). The molecule has 0 unspecified atom stereocenters. The van der Waals surface area contributed by atoms with Gasteiger partial charge in [-0.25, -0.2) is 13.9 Å². The number of nitrogens with zero attached hydrogens (tertiary/aromatic N) is 2. The third-order valence-corrected chi connectivity index (χ3v) is 5.25. The van der Waals surface area contributed by atoms with Crippen molar-refractivity contribution in [2.24, 2.45) is 0 Å². The van der Waals surface area contributed by atoms with Crippen LogP contribution in [-0.2, 0) is 9.53 Å². The summed E-state index contributed by atoms with van der Waals surface area (Å²) in [4.78, 5) is 24.2. The Kier molecular flexibility index (Phi) is 6.54. The van der Waals surface area contributed by atoms with E-state index in [1.54, 1.807) is 41.9 Å². The Morgan fingerprint density at radius 2 is 1.65 bits per heavy atom. The predicted molar refractivity (Wildman–Crippen MR) is 129 cm³/mol. The van der Waals surface area contributed by atoms with Crippen molar-refractivity contribution < 1.29 is 18.7 Å². The number of aromatic nitrogens is 2. The second kappa shape index (κ2) is 9.70. The Balaban J connectivity index is 1.86. The van der Waals surface area contributed by atoms with Crippen LogP contribution >= 0.6 is 0 Å². The molecule has 172 valence electrons. The SMILES string of the molecule is CCOC(=O)c1cc(-c2cc(-c3ccc(F)cc3)n(-c3ccc(C)cc3)n2)ccc1NC(C)=O. The highest BCUT2D eigenvalue weighted by Crippen LogP contribution is 2.31. The molecular weight excluding hydrogens is 433 g/mol. The van der Waals surface area contributed by atoms with Crippen molar-refractivity contribution >= 4 is 17.6 Å². The summed E-state index contributed by atoms with van der Waals surface area (Å²) in [7, 11) is 0. The topological polar surface area (TPSA) is 73.2 Å². The fourth-order valence-corrected chi connectivity index (χ4v) is 3.61. The fraction of sp³-hybridized carbons (Fsp3) is 0.148. The molecule has 3 aromatic carbocycles. The smallest absolute Gasteiger partial charge is 0.340 e. The van der Waals surface area contributed by atoms with E-state index in [1.165, 1.54) is 19.1 Å². The molecule has 0 radical (unpaired) electrons. The van der Waals surface area contributed by atoms with Gasteiger partial charge in [-0.15, -0.1) is 0 Å². The summed E-state index contributed by atoms with van der Waals surface area (Å²) < 4.78 is 20.5. The summed E-state index contributed by atoms with van der Waals surface area (Å²) in [5, 5.41) is 7.47. The first-order valence-electron chi connectivity index (χ1n) is 10.9. The first kappa shape index (κ1) is 22.9. The van der Waals surface area contributed by atoms with Gasteiger partial charge in [0.05, 0.1) is 34.9 Å². The van der Waals surface area contributed by atoms with E-state index in [9.17, 15) is 14.0 Å². The number of benzene rings is 3. The van der Waals surface area contributed by atoms with Gasteiger partial charge < -0.3 is 10.1 Å². The Morgan fingerprint density at radius 3 is 2.29 bits per heavy atom. The van der Waals surface area contributed by atoms with Crippen LogP contribution in [-0.4, -0.2) is 28.3 Å². The molecule has 1 N–H and O–H groups in total. The van der Waals surface area contributed by atoms with Gasteiger partial charge in [-0.3, -0.25) is 4.79 Å². The zero-order valence-corrected chi connectivity index (χ0v) is 19.1. The lowest BCUT2D eigenvalue weighted by molar-refractivity contribution is -0.114. The van der Waals surface area contributed by atoms with Crippen LogP contribution in [0.4, 0.5) is 10.1 Å². The van der Waals surface area contributed by atoms with Gasteiger partial charge in [-0.1, -0.05) is 23.8 Å². The van der Waals surface area contributed by atoms with Crippen LogP contribution < -0.4 is 5.32 Å². The minimum Gasteiger partial charge on any atom is -0.462 e. The summed E-state index contributed by atoms with van der Waals surface area (Å²) in [5.41, 5.74) is 5.41.